The molecule has 0 aliphatic carbocycles. The number of halogens is 2. The van der Waals surface area contributed by atoms with Crippen molar-refractivity contribution in [1.82, 2.24) is 0 Å². The highest BCUT2D eigenvalue weighted by Gasteiger charge is 2.12. The first-order chi connectivity index (χ1) is 9.95. The number of hydrogen-bond acceptors (Lipinski definition) is 4. The van der Waals surface area contributed by atoms with Crippen molar-refractivity contribution < 1.29 is 18.7 Å². The summed E-state index contributed by atoms with van der Waals surface area (Å²) in [4.78, 5) is 22.9. The number of carbonyl (C=O) groups excluding carboxylic acids is 2. The van der Waals surface area contributed by atoms with Crippen LogP contribution in [0.4, 0.5) is 10.1 Å². The lowest BCUT2D eigenvalue weighted by Crippen LogP contribution is -2.10. The Morgan fingerprint density at radius 2 is 2.14 bits per heavy atom. The Hall–Kier alpha value is -1.73. The summed E-state index contributed by atoms with van der Waals surface area (Å²) in [6.07, 6.45) is 0. The van der Waals surface area contributed by atoms with Crippen LogP contribution in [0.15, 0.2) is 33.4 Å². The van der Waals surface area contributed by atoms with Crippen molar-refractivity contribution in [3.63, 3.8) is 0 Å². The van der Waals surface area contributed by atoms with Gasteiger partial charge >= 0.3 is 5.97 Å². The zero-order valence-electron chi connectivity index (χ0n) is 11.0. The Bertz CT molecular complexity index is 687. The average Bonchev–Trinajstić information content (AvgIpc) is 2.84. The molecule has 0 bridgehead atoms. The zero-order chi connectivity index (χ0) is 15.4. The second-order valence-electron chi connectivity index (χ2n) is 4.21. The Morgan fingerprint density at radius 3 is 2.76 bits per heavy atom. The van der Waals surface area contributed by atoms with Crippen LogP contribution >= 0.6 is 27.3 Å². The van der Waals surface area contributed by atoms with Gasteiger partial charge in [0.2, 0.25) is 5.91 Å². The summed E-state index contributed by atoms with van der Waals surface area (Å²) in [5, 5.41) is 4.19. The number of thiophene rings is 1. The van der Waals surface area contributed by atoms with Crippen LogP contribution in [0, 0.1) is 5.82 Å². The van der Waals surface area contributed by atoms with Gasteiger partial charge in [-0.3, -0.25) is 4.79 Å². The summed E-state index contributed by atoms with van der Waals surface area (Å²) in [6, 6.07) is 5.53. The van der Waals surface area contributed by atoms with Crippen molar-refractivity contribution in [2.75, 3.05) is 5.32 Å². The lowest BCUT2D eigenvalue weighted by atomic mass is 10.2. The Morgan fingerprint density at radius 1 is 1.38 bits per heavy atom. The predicted molar refractivity (Wildman–Crippen MR) is 81.8 cm³/mol. The molecule has 0 radical (unpaired) electrons. The molecule has 1 heterocycles. The number of ether oxygens (including phenoxy) is 1. The molecule has 0 fully saturated rings. The Kier molecular flexibility index (Phi) is 5.08. The van der Waals surface area contributed by atoms with Gasteiger partial charge in [0, 0.05) is 12.5 Å². The molecule has 0 saturated heterocycles. The zero-order valence-corrected chi connectivity index (χ0v) is 13.4. The summed E-state index contributed by atoms with van der Waals surface area (Å²) >= 11 is 4.81. The van der Waals surface area contributed by atoms with Crippen LogP contribution in [-0.2, 0) is 16.1 Å². The number of anilines is 1. The van der Waals surface area contributed by atoms with E-state index in [0.29, 0.717) is 0 Å². The molecule has 7 heteroatoms. The highest BCUT2D eigenvalue weighted by atomic mass is 79.9. The Balaban J connectivity index is 2.06. The average molecular weight is 372 g/mol. The first kappa shape index (κ1) is 15.7. The van der Waals surface area contributed by atoms with Crippen LogP contribution in [0.2, 0.25) is 0 Å². The topological polar surface area (TPSA) is 55.4 Å². The van der Waals surface area contributed by atoms with Gasteiger partial charge in [-0.1, -0.05) is 0 Å². The van der Waals surface area contributed by atoms with Gasteiger partial charge in [-0.2, -0.15) is 0 Å². The lowest BCUT2D eigenvalue weighted by Gasteiger charge is -2.07. The summed E-state index contributed by atoms with van der Waals surface area (Å²) in [7, 11) is 0. The summed E-state index contributed by atoms with van der Waals surface area (Å²) in [6.45, 7) is 1.40. The van der Waals surface area contributed by atoms with E-state index >= 15 is 0 Å². The molecule has 1 amide bonds. The number of carbonyl (C=O) groups is 2. The van der Waals surface area contributed by atoms with Crippen molar-refractivity contribution >= 4 is 44.8 Å². The van der Waals surface area contributed by atoms with Crippen molar-refractivity contribution in [2.24, 2.45) is 0 Å². The third kappa shape index (κ3) is 4.37. The first-order valence-electron chi connectivity index (χ1n) is 5.93. The molecule has 21 heavy (non-hydrogen) atoms. The van der Waals surface area contributed by atoms with Crippen LogP contribution < -0.4 is 5.32 Å². The third-order valence-electron chi connectivity index (χ3n) is 2.50. The van der Waals surface area contributed by atoms with Crippen molar-refractivity contribution in [3.05, 3.63) is 50.4 Å². The standard InChI is InChI=1S/C14H11BrFNO3S/c1-8(18)17-12-5-10(2-3-11(12)16)14(19)20-6-9-4-13(15)21-7-9/h2-5,7H,6H2,1H3,(H,17,18). The Labute approximate surface area is 133 Å². The van der Waals surface area contributed by atoms with E-state index in [4.69, 9.17) is 4.74 Å². The highest BCUT2D eigenvalue weighted by molar-refractivity contribution is 9.11. The summed E-state index contributed by atoms with van der Waals surface area (Å²) < 4.78 is 19.6. The van der Waals surface area contributed by atoms with E-state index in [1.54, 1.807) is 0 Å². The third-order valence-corrected chi connectivity index (χ3v) is 4.06. The van der Waals surface area contributed by atoms with Crippen molar-refractivity contribution in [2.45, 2.75) is 13.5 Å². The molecule has 0 aliphatic heterocycles. The molecule has 1 aromatic carbocycles. The van der Waals surface area contributed by atoms with Gasteiger partial charge in [-0.25, -0.2) is 9.18 Å². The molecule has 2 rings (SSSR count). The van der Waals surface area contributed by atoms with Crippen LogP contribution in [0.25, 0.3) is 0 Å². The molecule has 1 N–H and O–H groups in total. The predicted octanol–water partition coefficient (Wildman–Crippen LogP) is 3.97. The SMILES string of the molecule is CC(=O)Nc1cc(C(=O)OCc2csc(Br)c2)ccc1F. The second-order valence-corrected chi connectivity index (χ2v) is 6.50. The number of amides is 1. The van der Waals surface area contributed by atoms with Crippen LogP contribution in [-0.4, -0.2) is 11.9 Å². The maximum atomic E-state index is 13.5. The van der Waals surface area contributed by atoms with E-state index in [-0.39, 0.29) is 17.9 Å². The van der Waals surface area contributed by atoms with Crippen LogP contribution in [0.3, 0.4) is 0 Å². The molecule has 0 saturated carbocycles. The molecule has 110 valence electrons. The minimum atomic E-state index is -0.608. The molecule has 1 aromatic heterocycles. The number of benzene rings is 1. The van der Waals surface area contributed by atoms with Gasteiger partial charge in [-0.15, -0.1) is 11.3 Å². The van der Waals surface area contributed by atoms with Gasteiger partial charge in [0.25, 0.3) is 0 Å². The largest absolute Gasteiger partial charge is 0.457 e. The summed E-state index contributed by atoms with van der Waals surface area (Å²) in [5.74, 6) is -1.60. The molecule has 0 atom stereocenters. The molecular formula is C14H11BrFNO3S. The van der Waals surface area contributed by atoms with E-state index in [2.05, 4.69) is 21.2 Å². The van der Waals surface area contributed by atoms with E-state index < -0.39 is 17.7 Å². The molecular weight excluding hydrogens is 361 g/mol. The monoisotopic (exact) mass is 371 g/mol. The van der Waals surface area contributed by atoms with Gasteiger partial charge < -0.3 is 10.1 Å². The van der Waals surface area contributed by atoms with E-state index in [1.807, 2.05) is 11.4 Å². The van der Waals surface area contributed by atoms with Gasteiger partial charge in [0.15, 0.2) is 0 Å². The highest BCUT2D eigenvalue weighted by Crippen LogP contribution is 2.22. The smallest absolute Gasteiger partial charge is 0.338 e. The van der Waals surface area contributed by atoms with Gasteiger partial charge in [-0.05, 0) is 45.6 Å². The number of hydrogen-bond donors (Lipinski definition) is 1. The fourth-order valence-corrected chi connectivity index (χ4v) is 2.79. The molecule has 0 unspecified atom stereocenters. The van der Waals surface area contributed by atoms with Crippen molar-refractivity contribution in [3.8, 4) is 0 Å². The van der Waals surface area contributed by atoms with E-state index in [0.717, 1.165) is 15.4 Å². The maximum absolute atomic E-state index is 13.5. The normalized spacial score (nSPS) is 10.2. The molecule has 4 nitrogen and oxygen atoms in total. The molecule has 2 aromatic rings. The fraction of sp³-hybridized carbons (Fsp3) is 0.143. The number of rotatable bonds is 4. The quantitative estimate of drug-likeness (QED) is 0.827. The minimum Gasteiger partial charge on any atom is -0.457 e. The minimum absolute atomic E-state index is 0.0461. The van der Waals surface area contributed by atoms with Crippen LogP contribution in [0.1, 0.15) is 22.8 Å². The molecule has 0 aliphatic rings. The van der Waals surface area contributed by atoms with E-state index in [1.165, 1.54) is 30.4 Å². The van der Waals surface area contributed by atoms with Gasteiger partial charge in [0.1, 0.15) is 12.4 Å². The van der Waals surface area contributed by atoms with E-state index in [9.17, 15) is 14.0 Å². The van der Waals surface area contributed by atoms with Gasteiger partial charge in [0.05, 0.1) is 15.0 Å². The maximum Gasteiger partial charge on any atom is 0.338 e. The van der Waals surface area contributed by atoms with Crippen molar-refractivity contribution in [1.29, 1.82) is 0 Å². The lowest BCUT2D eigenvalue weighted by molar-refractivity contribution is -0.114. The fourth-order valence-electron chi connectivity index (χ4n) is 1.59. The number of nitrogens with one attached hydrogen (secondary N) is 1. The van der Waals surface area contributed by atoms with Crippen LogP contribution in [0.5, 0.6) is 0 Å². The first-order valence-corrected chi connectivity index (χ1v) is 7.60. The number of esters is 1. The summed E-state index contributed by atoms with van der Waals surface area (Å²) in [5.41, 5.74) is 0.995. The second kappa shape index (κ2) is 6.82. The molecule has 0 spiro atoms.